The number of hydrogen-bond acceptors (Lipinski definition) is 4. The minimum absolute atomic E-state index is 0.0480. The van der Waals surface area contributed by atoms with Crippen LogP contribution in [0.4, 0.5) is 64.1 Å². The number of unbranched alkanes of at least 4 members (excludes halogenated alkanes) is 12. The first-order valence-corrected chi connectivity index (χ1v) is 17.0. The van der Waals surface area contributed by atoms with Gasteiger partial charge in [-0.15, -0.1) is 0 Å². The Morgan fingerprint density at radius 1 is 0.412 bits per heavy atom. The second kappa shape index (κ2) is 18.5. The summed E-state index contributed by atoms with van der Waals surface area (Å²) in [6, 6.07) is 2.42. The third kappa shape index (κ3) is 13.1. The van der Waals surface area contributed by atoms with Crippen molar-refractivity contribution < 1.29 is 62.9 Å². The van der Waals surface area contributed by atoms with Crippen LogP contribution < -0.4 is 11.5 Å². The number of nitrogens with two attached hydrogens (primary N) is 2. The molecule has 51 heavy (non-hydrogen) atoms. The lowest BCUT2D eigenvalue weighted by Crippen LogP contribution is -2.55. The zero-order valence-electron chi connectivity index (χ0n) is 28.1. The summed E-state index contributed by atoms with van der Waals surface area (Å²) in [4.78, 5) is 0. The molecule has 0 radical (unpaired) electrons. The maximum Gasteiger partial charge on any atom is 0.411 e. The highest BCUT2D eigenvalue weighted by molar-refractivity contribution is 5.64. The fourth-order valence-corrected chi connectivity index (χ4v) is 6.38. The molecule has 2 aromatic carbocycles. The van der Waals surface area contributed by atoms with E-state index in [4.69, 9.17) is 11.5 Å². The molecule has 2 rings (SSSR count). The van der Waals surface area contributed by atoms with E-state index in [1.54, 1.807) is 0 Å². The number of hydrogen-bond donors (Lipinski definition) is 4. The van der Waals surface area contributed by atoms with E-state index in [9.17, 15) is 36.6 Å². The Labute approximate surface area is 289 Å². The van der Waals surface area contributed by atoms with Gasteiger partial charge in [0.05, 0.1) is 11.4 Å². The van der Waals surface area contributed by atoms with Crippen LogP contribution in [-0.4, -0.2) is 34.9 Å². The molecule has 292 valence electrons. The molecule has 0 fully saturated rings. The first-order chi connectivity index (χ1) is 23.5. The van der Waals surface area contributed by atoms with Crippen LogP contribution >= 0.6 is 0 Å². The number of alkyl halides is 12. The number of aryl methyl sites for hydroxylation is 2. The molecule has 0 bridgehead atoms. The van der Waals surface area contributed by atoms with Crippen molar-refractivity contribution in [3.05, 3.63) is 46.5 Å². The minimum atomic E-state index is -6.06. The van der Waals surface area contributed by atoms with E-state index >= 15 is 26.3 Å². The summed E-state index contributed by atoms with van der Waals surface area (Å²) in [5.41, 5.74) is 2.36. The smallest absolute Gasteiger partial charge is 0.411 e. The van der Waals surface area contributed by atoms with Crippen LogP contribution in [0.3, 0.4) is 0 Å². The van der Waals surface area contributed by atoms with E-state index < -0.39 is 88.1 Å². The molecule has 2 aromatic rings. The Bertz CT molecular complexity index is 1270. The second-order valence-corrected chi connectivity index (χ2v) is 13.1. The summed E-state index contributed by atoms with van der Waals surface area (Å²) in [6.45, 7) is 0. The minimum Gasteiger partial charge on any atom is -0.506 e. The molecule has 0 aliphatic rings. The maximum absolute atomic E-state index is 15.3. The van der Waals surface area contributed by atoms with E-state index in [1.807, 2.05) is 0 Å². The summed E-state index contributed by atoms with van der Waals surface area (Å²) in [5, 5.41) is 20.7. The number of anilines is 2. The van der Waals surface area contributed by atoms with E-state index in [2.05, 4.69) is 0 Å². The molecule has 0 unspecified atom stereocenters. The van der Waals surface area contributed by atoms with Crippen LogP contribution in [0.25, 0.3) is 0 Å². The normalized spacial score (nSPS) is 13.3. The summed E-state index contributed by atoms with van der Waals surface area (Å²) in [6.07, 6.45) is -18.7. The average Bonchev–Trinajstić information content (AvgIpc) is 2.97. The zero-order chi connectivity index (χ0) is 38.7. The Hall–Kier alpha value is -3.20. The molecular formula is C35H46F12N2O2. The van der Waals surface area contributed by atoms with Crippen LogP contribution in [0.2, 0.25) is 0 Å². The van der Waals surface area contributed by atoms with E-state index in [0.29, 0.717) is 76.3 Å². The van der Waals surface area contributed by atoms with Crippen molar-refractivity contribution in [2.45, 2.75) is 146 Å². The lowest BCUT2D eigenvalue weighted by molar-refractivity contribution is -0.289. The Balaban J connectivity index is 2.38. The zero-order valence-corrected chi connectivity index (χ0v) is 28.1. The van der Waals surface area contributed by atoms with Gasteiger partial charge in [0.1, 0.15) is 11.5 Å². The predicted octanol–water partition coefficient (Wildman–Crippen LogP) is 12.1. The molecule has 4 nitrogen and oxygen atoms in total. The van der Waals surface area contributed by atoms with Crippen LogP contribution in [0.5, 0.6) is 11.5 Å². The molecule has 0 spiro atoms. The van der Waals surface area contributed by atoms with Gasteiger partial charge >= 0.3 is 24.7 Å². The largest absolute Gasteiger partial charge is 0.506 e. The lowest BCUT2D eigenvalue weighted by Gasteiger charge is -2.41. The Morgan fingerprint density at radius 3 is 0.961 bits per heavy atom. The molecule has 6 N–H and O–H groups in total. The van der Waals surface area contributed by atoms with Crippen LogP contribution in [0.15, 0.2) is 24.3 Å². The highest BCUT2D eigenvalue weighted by Gasteiger charge is 2.73. The van der Waals surface area contributed by atoms with Gasteiger partial charge in [0.25, 0.3) is 0 Å². The van der Waals surface area contributed by atoms with Crippen molar-refractivity contribution in [3.63, 3.8) is 0 Å². The SMILES string of the molecule is Nc1cc(CCCCCCCCCC(F)(F)F)c(C(c2cc(O)c(N)cc2CCCCCCCCCC(F)(F)F)(C(F)(F)F)C(F)(F)F)cc1O. The van der Waals surface area contributed by atoms with Crippen LogP contribution in [0, 0.1) is 0 Å². The monoisotopic (exact) mass is 754 g/mol. The lowest BCUT2D eigenvalue weighted by atomic mass is 9.68. The van der Waals surface area contributed by atoms with Crippen molar-refractivity contribution in [3.8, 4) is 11.5 Å². The van der Waals surface area contributed by atoms with Gasteiger partial charge in [-0.3, -0.25) is 0 Å². The summed E-state index contributed by atoms with van der Waals surface area (Å²) >= 11 is 0. The van der Waals surface area contributed by atoms with Crippen molar-refractivity contribution in [2.75, 3.05) is 11.5 Å². The summed E-state index contributed by atoms with van der Waals surface area (Å²) < 4.78 is 166. The first-order valence-electron chi connectivity index (χ1n) is 17.0. The van der Waals surface area contributed by atoms with Gasteiger partial charge in [-0.25, -0.2) is 0 Å². The van der Waals surface area contributed by atoms with Gasteiger partial charge in [0.2, 0.25) is 5.41 Å². The van der Waals surface area contributed by atoms with Crippen LogP contribution in [0.1, 0.15) is 125 Å². The van der Waals surface area contributed by atoms with Crippen molar-refractivity contribution in [1.29, 1.82) is 0 Å². The van der Waals surface area contributed by atoms with Crippen LogP contribution in [-0.2, 0) is 18.3 Å². The fourth-order valence-electron chi connectivity index (χ4n) is 6.38. The fraction of sp³-hybridized carbons (Fsp3) is 0.657. The molecule has 0 aliphatic carbocycles. The van der Waals surface area contributed by atoms with Gasteiger partial charge in [0.15, 0.2) is 0 Å². The molecule has 0 heterocycles. The number of nitrogen functional groups attached to an aromatic ring is 2. The number of benzene rings is 2. The summed E-state index contributed by atoms with van der Waals surface area (Å²) in [7, 11) is 0. The van der Waals surface area contributed by atoms with Gasteiger partial charge in [-0.1, -0.05) is 64.2 Å². The predicted molar refractivity (Wildman–Crippen MR) is 171 cm³/mol. The van der Waals surface area contributed by atoms with Crippen molar-refractivity contribution in [1.82, 2.24) is 0 Å². The summed E-state index contributed by atoms with van der Waals surface area (Å²) in [5.74, 6) is -2.02. The topological polar surface area (TPSA) is 92.5 Å². The van der Waals surface area contributed by atoms with Gasteiger partial charge in [0, 0.05) is 12.8 Å². The number of phenols is 2. The molecule has 0 aromatic heterocycles. The molecule has 16 heteroatoms. The number of rotatable bonds is 20. The third-order valence-electron chi connectivity index (χ3n) is 8.98. The highest BCUT2D eigenvalue weighted by atomic mass is 19.4. The number of aromatic hydroxyl groups is 2. The van der Waals surface area contributed by atoms with Gasteiger partial charge in [-0.2, -0.15) is 52.7 Å². The Kier molecular flexibility index (Phi) is 16.0. The molecule has 0 atom stereocenters. The molecule has 0 aliphatic heterocycles. The quantitative estimate of drug-likeness (QED) is 0.0469. The third-order valence-corrected chi connectivity index (χ3v) is 8.98. The highest BCUT2D eigenvalue weighted by Crippen LogP contribution is 2.59. The maximum atomic E-state index is 15.3. The number of phenolic OH excluding ortho intramolecular Hbond substituents is 2. The van der Waals surface area contributed by atoms with Crippen molar-refractivity contribution in [2.24, 2.45) is 0 Å². The van der Waals surface area contributed by atoms with E-state index in [-0.39, 0.29) is 38.5 Å². The second-order valence-electron chi connectivity index (χ2n) is 13.1. The first kappa shape index (κ1) is 44.0. The van der Waals surface area contributed by atoms with Gasteiger partial charge in [-0.05, 0) is 85.0 Å². The number of halogens is 12. The molecule has 0 saturated heterocycles. The Morgan fingerprint density at radius 2 is 0.686 bits per heavy atom. The molecule has 0 amide bonds. The van der Waals surface area contributed by atoms with E-state index in [0.717, 1.165) is 12.1 Å². The standard InChI is InChI=1S/C35H46F12N2O2/c36-31(37,38)17-13-9-5-1-3-7-11-15-23-19-27(48)29(50)21-25(23)33(34(42,43)44,35(45,46)47)26-22-30(51)28(49)20-24(26)16-12-8-4-2-6-10-14-18-32(39,40)41/h19-22,50-51H,1-18,48-49H2. The van der Waals surface area contributed by atoms with Crippen molar-refractivity contribution >= 4 is 11.4 Å². The molecule has 0 saturated carbocycles. The molecular weight excluding hydrogens is 708 g/mol. The van der Waals surface area contributed by atoms with E-state index in [1.165, 1.54) is 0 Å². The van der Waals surface area contributed by atoms with Gasteiger partial charge < -0.3 is 21.7 Å². The average molecular weight is 755 g/mol.